The van der Waals surface area contributed by atoms with E-state index in [0.717, 1.165) is 22.6 Å². The molecule has 0 aliphatic heterocycles. The molecule has 0 aliphatic carbocycles. The van der Waals surface area contributed by atoms with Crippen molar-refractivity contribution in [1.29, 1.82) is 0 Å². The first-order valence-electron chi connectivity index (χ1n) is 1.46. The maximum absolute atomic E-state index is 11.7. The fourth-order valence-electron chi connectivity index (χ4n) is 0.0536. The highest BCUT2D eigenvalue weighted by molar-refractivity contribution is 14.1. The summed E-state index contributed by atoms with van der Waals surface area (Å²) in [5.74, 6) is -1.28. The number of nitrogens with one attached hydrogen (secondary N) is 1. The molecule has 0 atom stereocenters. The summed E-state index contributed by atoms with van der Waals surface area (Å²) < 4.78 is 21.9. The van der Waals surface area contributed by atoms with Gasteiger partial charge in [-0.05, 0) is 0 Å². The first-order valence-corrected chi connectivity index (χ1v) is 3.62. The molecule has 0 aromatic heterocycles. The number of hydrogen-bond donors (Lipinski definition) is 1. The van der Waals surface area contributed by atoms with Crippen molar-refractivity contribution in [2.24, 2.45) is 0 Å². The van der Waals surface area contributed by atoms with E-state index in [9.17, 15) is 13.6 Å². The fourth-order valence-corrected chi connectivity index (χ4v) is 1.04. The molecule has 8 heavy (non-hydrogen) atoms. The molecular weight excluding hydrogens is 346 g/mol. The van der Waals surface area contributed by atoms with Crippen molar-refractivity contribution in [2.75, 3.05) is 0 Å². The van der Waals surface area contributed by atoms with Crippen molar-refractivity contribution in [3.05, 3.63) is 0 Å². The Labute approximate surface area is 72.0 Å². The lowest BCUT2D eigenvalue weighted by atomic mass is 10.7. The van der Waals surface area contributed by atoms with Crippen LogP contribution in [0.2, 0.25) is 0 Å². The topological polar surface area (TPSA) is 29.1 Å². The van der Waals surface area contributed by atoms with E-state index >= 15 is 0 Å². The molecule has 2 nitrogen and oxygen atoms in total. The standard InChI is InChI=1S/C2HF2I2NO/c3-2(4,5)1(8)7-6/h(H,7,8). The van der Waals surface area contributed by atoms with Gasteiger partial charge in [0.1, 0.15) is 0 Å². The molecule has 0 radical (unpaired) electrons. The number of rotatable bonds is 1. The van der Waals surface area contributed by atoms with Gasteiger partial charge in [0.25, 0.3) is 0 Å². The monoisotopic (exact) mass is 347 g/mol. The van der Waals surface area contributed by atoms with E-state index in [4.69, 9.17) is 0 Å². The summed E-state index contributed by atoms with van der Waals surface area (Å²) >= 11 is 2.11. The highest BCUT2D eigenvalue weighted by atomic mass is 127. The highest BCUT2D eigenvalue weighted by Crippen LogP contribution is 2.22. The lowest BCUT2D eigenvalue weighted by Gasteiger charge is -2.02. The predicted molar refractivity (Wildman–Crippen MR) is 41.1 cm³/mol. The van der Waals surface area contributed by atoms with Crippen LogP contribution < -0.4 is 3.53 Å². The van der Waals surface area contributed by atoms with E-state index < -0.39 is 9.84 Å². The van der Waals surface area contributed by atoms with Crippen LogP contribution in [0, 0.1) is 0 Å². The smallest absolute Gasteiger partial charge is 0.293 e. The normalized spacial score (nSPS) is 11.0. The van der Waals surface area contributed by atoms with Crippen LogP contribution in [0.1, 0.15) is 0 Å². The summed E-state index contributed by atoms with van der Waals surface area (Å²) in [5, 5.41) is 0. The lowest BCUT2D eigenvalue weighted by molar-refractivity contribution is -0.130. The molecule has 1 amide bonds. The minimum Gasteiger partial charge on any atom is -0.293 e. The second kappa shape index (κ2) is 3.08. The van der Waals surface area contributed by atoms with E-state index in [-0.39, 0.29) is 0 Å². The molecule has 0 heterocycles. The summed E-state index contributed by atoms with van der Waals surface area (Å²) in [5.41, 5.74) is 0. The maximum atomic E-state index is 11.7. The molecule has 48 valence electrons. The third-order valence-electron chi connectivity index (χ3n) is 0.343. The van der Waals surface area contributed by atoms with Gasteiger partial charge in [0, 0.05) is 22.6 Å². The molecule has 0 rings (SSSR count). The van der Waals surface area contributed by atoms with Crippen LogP contribution in [0.25, 0.3) is 0 Å². The van der Waals surface area contributed by atoms with Gasteiger partial charge in [0.2, 0.25) is 0 Å². The summed E-state index contributed by atoms with van der Waals surface area (Å²) in [6.45, 7) is 0. The molecule has 0 fully saturated rings. The van der Waals surface area contributed by atoms with Crippen LogP contribution in [-0.2, 0) is 4.79 Å². The van der Waals surface area contributed by atoms with E-state index in [2.05, 4.69) is 0 Å². The van der Waals surface area contributed by atoms with Gasteiger partial charge in [-0.1, -0.05) is 0 Å². The molecule has 6 heteroatoms. The number of halogens is 4. The third-order valence-corrected chi connectivity index (χ3v) is 1.32. The quantitative estimate of drug-likeness (QED) is 0.435. The number of carbonyl (C=O) groups excluding carboxylic acids is 1. The molecule has 0 bridgehead atoms. The average Bonchev–Trinajstić information content (AvgIpc) is 1.62. The zero-order valence-electron chi connectivity index (χ0n) is 3.42. The van der Waals surface area contributed by atoms with Crippen LogP contribution in [0.3, 0.4) is 0 Å². The van der Waals surface area contributed by atoms with Crippen molar-refractivity contribution in [2.45, 2.75) is 3.93 Å². The molecule has 1 N–H and O–H groups in total. The molecule has 0 aliphatic rings. The van der Waals surface area contributed by atoms with Crippen molar-refractivity contribution in [3.63, 3.8) is 0 Å². The van der Waals surface area contributed by atoms with Crippen LogP contribution in [0.4, 0.5) is 8.78 Å². The van der Waals surface area contributed by atoms with Gasteiger partial charge in [-0.25, -0.2) is 0 Å². The second-order valence-corrected chi connectivity index (χ2v) is 2.82. The van der Waals surface area contributed by atoms with Crippen LogP contribution in [0.15, 0.2) is 0 Å². The van der Waals surface area contributed by atoms with Gasteiger partial charge in [-0.3, -0.25) is 8.32 Å². The Kier molecular flexibility index (Phi) is 3.39. The maximum Gasteiger partial charge on any atom is 0.373 e. The minimum absolute atomic E-state index is 0.752. The SMILES string of the molecule is O=C(NI)C(F)(F)I. The Morgan fingerprint density at radius 3 is 2.00 bits per heavy atom. The minimum atomic E-state index is -3.28. The molecule has 0 aromatic rings. The number of hydrogen-bond acceptors (Lipinski definition) is 1. The number of amides is 1. The van der Waals surface area contributed by atoms with E-state index in [1.165, 1.54) is 22.9 Å². The number of alkyl halides is 3. The third kappa shape index (κ3) is 2.95. The summed E-state index contributed by atoms with van der Waals surface area (Å²) in [6, 6.07) is 0. The van der Waals surface area contributed by atoms with Gasteiger partial charge in [0.05, 0.1) is 22.9 Å². The van der Waals surface area contributed by atoms with Crippen molar-refractivity contribution in [1.82, 2.24) is 3.53 Å². The van der Waals surface area contributed by atoms with Crippen LogP contribution >= 0.6 is 45.5 Å². The van der Waals surface area contributed by atoms with Gasteiger partial charge < -0.3 is 0 Å². The molecule has 0 spiro atoms. The summed E-state index contributed by atoms with van der Waals surface area (Å²) in [6.07, 6.45) is 0. The largest absolute Gasteiger partial charge is 0.373 e. The van der Waals surface area contributed by atoms with Crippen molar-refractivity contribution in [3.8, 4) is 0 Å². The molecule has 0 saturated carbocycles. The van der Waals surface area contributed by atoms with Gasteiger partial charge in [0.15, 0.2) is 0 Å². The zero-order valence-corrected chi connectivity index (χ0v) is 7.74. The zero-order chi connectivity index (χ0) is 6.78. The van der Waals surface area contributed by atoms with E-state index in [1.807, 2.05) is 0 Å². The number of carbonyl (C=O) groups is 1. The van der Waals surface area contributed by atoms with Gasteiger partial charge in [-0.15, -0.1) is 0 Å². The summed E-state index contributed by atoms with van der Waals surface area (Å²) in [7, 11) is 0. The Hall–Kier alpha value is 0.790. The lowest BCUT2D eigenvalue weighted by Crippen LogP contribution is -2.28. The first kappa shape index (κ1) is 8.79. The predicted octanol–water partition coefficient (Wildman–Crippen LogP) is 1.48. The van der Waals surface area contributed by atoms with Crippen molar-refractivity contribution >= 4 is 51.4 Å². The Balaban J connectivity index is 3.82. The molecule has 0 aromatic carbocycles. The highest BCUT2D eigenvalue weighted by Gasteiger charge is 2.33. The molecule has 0 unspecified atom stereocenters. The molecular formula is C2HF2I2NO. The Bertz CT molecular complexity index is 101. The Morgan fingerprint density at radius 2 is 2.00 bits per heavy atom. The first-order chi connectivity index (χ1) is 3.48. The Morgan fingerprint density at radius 1 is 1.62 bits per heavy atom. The fraction of sp³-hybridized carbons (Fsp3) is 0.500. The van der Waals surface area contributed by atoms with E-state index in [0.29, 0.717) is 0 Å². The van der Waals surface area contributed by atoms with E-state index in [1.54, 1.807) is 3.53 Å². The second-order valence-electron chi connectivity index (χ2n) is 0.921. The van der Waals surface area contributed by atoms with Crippen LogP contribution in [0.5, 0.6) is 0 Å². The average molecular weight is 347 g/mol. The van der Waals surface area contributed by atoms with Crippen LogP contribution in [-0.4, -0.2) is 9.84 Å². The molecule has 0 saturated heterocycles. The van der Waals surface area contributed by atoms with Gasteiger partial charge in [-0.2, -0.15) is 8.78 Å². The summed E-state index contributed by atoms with van der Waals surface area (Å²) in [4.78, 5) is 9.96. The van der Waals surface area contributed by atoms with Crippen molar-refractivity contribution < 1.29 is 13.6 Å². The van der Waals surface area contributed by atoms with Gasteiger partial charge >= 0.3 is 9.84 Å².